The number of fused-ring (bicyclic) bond motifs is 1. The minimum absolute atomic E-state index is 0.536. The third kappa shape index (κ3) is 1.66. The van der Waals surface area contributed by atoms with Crippen LogP contribution in [0.2, 0.25) is 0 Å². The average Bonchev–Trinajstić information content (AvgIpc) is 2.63. The van der Waals surface area contributed by atoms with Gasteiger partial charge in [-0.3, -0.25) is 4.79 Å². The van der Waals surface area contributed by atoms with Crippen LogP contribution in [0.1, 0.15) is 30.7 Å². The number of para-hydroxylation sites is 1. The van der Waals surface area contributed by atoms with Crippen LogP contribution in [0.25, 0.3) is 11.0 Å². The molecule has 4 nitrogen and oxygen atoms in total. The molecule has 2 aromatic rings. The van der Waals surface area contributed by atoms with Gasteiger partial charge in [0.05, 0.1) is 11.0 Å². The summed E-state index contributed by atoms with van der Waals surface area (Å²) in [7, 11) is 0. The zero-order chi connectivity index (χ0) is 11.7. The lowest BCUT2D eigenvalue weighted by Crippen LogP contribution is -2.11. The maximum Gasteiger partial charge on any atom is 0.314 e. The summed E-state index contributed by atoms with van der Waals surface area (Å²) < 4.78 is 0. The molecule has 1 unspecified atom stereocenters. The van der Waals surface area contributed by atoms with Crippen molar-refractivity contribution in [3.05, 3.63) is 29.6 Å². The number of aromatic amines is 1. The zero-order valence-electron chi connectivity index (χ0n) is 9.32. The molecule has 0 saturated carbocycles. The largest absolute Gasteiger partial charge is 0.481 e. The van der Waals surface area contributed by atoms with Gasteiger partial charge < -0.3 is 10.1 Å². The van der Waals surface area contributed by atoms with Crippen LogP contribution in [0.4, 0.5) is 0 Å². The maximum atomic E-state index is 11.0. The van der Waals surface area contributed by atoms with Crippen molar-refractivity contribution in [3.63, 3.8) is 0 Å². The quantitative estimate of drug-likeness (QED) is 0.831. The Hall–Kier alpha value is -1.84. The van der Waals surface area contributed by atoms with Gasteiger partial charge in [-0.25, -0.2) is 4.98 Å². The second-order valence-electron chi connectivity index (χ2n) is 3.89. The van der Waals surface area contributed by atoms with E-state index in [0.717, 1.165) is 16.6 Å². The first-order chi connectivity index (χ1) is 7.63. The van der Waals surface area contributed by atoms with Crippen LogP contribution in [-0.2, 0) is 4.79 Å². The van der Waals surface area contributed by atoms with E-state index in [9.17, 15) is 4.79 Å². The molecule has 0 aliphatic rings. The van der Waals surface area contributed by atoms with Crippen molar-refractivity contribution < 1.29 is 9.90 Å². The van der Waals surface area contributed by atoms with Crippen molar-refractivity contribution in [1.29, 1.82) is 0 Å². The number of aryl methyl sites for hydroxylation is 1. The number of carboxylic acids is 1. The van der Waals surface area contributed by atoms with E-state index in [1.807, 2.05) is 32.0 Å². The van der Waals surface area contributed by atoms with E-state index < -0.39 is 11.9 Å². The number of hydrogen-bond acceptors (Lipinski definition) is 2. The summed E-state index contributed by atoms with van der Waals surface area (Å²) in [6.07, 6.45) is 0.536. The first-order valence-electron chi connectivity index (χ1n) is 5.31. The van der Waals surface area contributed by atoms with Crippen LogP contribution >= 0.6 is 0 Å². The van der Waals surface area contributed by atoms with Crippen LogP contribution in [-0.4, -0.2) is 21.0 Å². The van der Waals surface area contributed by atoms with E-state index in [1.165, 1.54) is 0 Å². The smallest absolute Gasteiger partial charge is 0.314 e. The van der Waals surface area contributed by atoms with Crippen LogP contribution in [0.15, 0.2) is 18.2 Å². The van der Waals surface area contributed by atoms with Crippen molar-refractivity contribution >= 4 is 17.0 Å². The molecule has 0 amide bonds. The lowest BCUT2D eigenvalue weighted by Gasteiger charge is -2.04. The Morgan fingerprint density at radius 1 is 1.56 bits per heavy atom. The predicted octanol–water partition coefficient (Wildman–Crippen LogP) is 2.45. The number of H-pyrrole nitrogens is 1. The molecule has 0 bridgehead atoms. The summed E-state index contributed by atoms with van der Waals surface area (Å²) in [6, 6.07) is 5.81. The lowest BCUT2D eigenvalue weighted by atomic mass is 10.1. The van der Waals surface area contributed by atoms with Gasteiger partial charge in [0, 0.05) is 0 Å². The summed E-state index contributed by atoms with van der Waals surface area (Å²) in [4.78, 5) is 18.5. The Bertz CT molecular complexity index is 531. The van der Waals surface area contributed by atoms with Crippen molar-refractivity contribution in [1.82, 2.24) is 9.97 Å². The minimum atomic E-state index is -0.834. The van der Waals surface area contributed by atoms with Gasteiger partial charge in [-0.1, -0.05) is 19.1 Å². The summed E-state index contributed by atoms with van der Waals surface area (Å²) >= 11 is 0. The fraction of sp³-hybridized carbons (Fsp3) is 0.333. The van der Waals surface area contributed by atoms with Gasteiger partial charge in [0.15, 0.2) is 0 Å². The molecule has 84 valence electrons. The molecule has 0 radical (unpaired) electrons. The second-order valence-corrected chi connectivity index (χ2v) is 3.89. The molecule has 4 heteroatoms. The highest BCUT2D eigenvalue weighted by atomic mass is 16.4. The Balaban J connectivity index is 2.54. The lowest BCUT2D eigenvalue weighted by molar-refractivity contribution is -0.139. The molecule has 0 fully saturated rings. The van der Waals surface area contributed by atoms with Gasteiger partial charge in [0.25, 0.3) is 0 Å². The molecule has 1 aromatic heterocycles. The molecule has 2 rings (SSSR count). The van der Waals surface area contributed by atoms with E-state index in [2.05, 4.69) is 9.97 Å². The highest BCUT2D eigenvalue weighted by Crippen LogP contribution is 2.22. The molecule has 2 N–H and O–H groups in total. The zero-order valence-corrected chi connectivity index (χ0v) is 9.32. The minimum Gasteiger partial charge on any atom is -0.481 e. The van der Waals surface area contributed by atoms with Gasteiger partial charge in [-0.2, -0.15) is 0 Å². The summed E-state index contributed by atoms with van der Waals surface area (Å²) in [5, 5.41) is 9.06. The molecule has 0 aliphatic heterocycles. The molecule has 0 spiro atoms. The molecule has 1 aromatic carbocycles. The van der Waals surface area contributed by atoms with Gasteiger partial charge >= 0.3 is 5.97 Å². The number of aliphatic carboxylic acids is 1. The maximum absolute atomic E-state index is 11.0. The number of carboxylic acid groups (broad SMARTS) is 1. The van der Waals surface area contributed by atoms with Crippen LogP contribution in [0.5, 0.6) is 0 Å². The third-order valence-corrected chi connectivity index (χ3v) is 2.77. The molecular weight excluding hydrogens is 204 g/mol. The van der Waals surface area contributed by atoms with E-state index in [-0.39, 0.29) is 0 Å². The van der Waals surface area contributed by atoms with Crippen molar-refractivity contribution in [2.24, 2.45) is 0 Å². The van der Waals surface area contributed by atoms with Gasteiger partial charge in [0.2, 0.25) is 0 Å². The fourth-order valence-corrected chi connectivity index (χ4v) is 1.84. The highest BCUT2D eigenvalue weighted by molar-refractivity contribution is 5.81. The van der Waals surface area contributed by atoms with Crippen LogP contribution in [0, 0.1) is 6.92 Å². The van der Waals surface area contributed by atoms with Gasteiger partial charge in [0.1, 0.15) is 11.7 Å². The number of benzene rings is 1. The molecule has 1 heterocycles. The van der Waals surface area contributed by atoms with Gasteiger partial charge in [-0.05, 0) is 25.0 Å². The normalized spacial score (nSPS) is 12.9. The standard InChI is InChI=1S/C12H14N2O2/c1-3-8(12(15)16)11-13-9-6-4-5-7(2)10(9)14-11/h4-6,8H,3H2,1-2H3,(H,13,14)(H,15,16). The molecule has 16 heavy (non-hydrogen) atoms. The van der Waals surface area contributed by atoms with Gasteiger partial charge in [-0.15, -0.1) is 0 Å². The molecular formula is C12H14N2O2. The van der Waals surface area contributed by atoms with E-state index >= 15 is 0 Å². The number of nitrogens with one attached hydrogen (secondary N) is 1. The van der Waals surface area contributed by atoms with Crippen molar-refractivity contribution in [2.75, 3.05) is 0 Å². The Morgan fingerprint density at radius 2 is 2.31 bits per heavy atom. The first-order valence-corrected chi connectivity index (χ1v) is 5.31. The number of carbonyl (C=O) groups is 1. The van der Waals surface area contributed by atoms with Crippen LogP contribution < -0.4 is 0 Å². The Morgan fingerprint density at radius 3 is 2.88 bits per heavy atom. The average molecular weight is 218 g/mol. The van der Waals surface area contributed by atoms with Crippen molar-refractivity contribution in [2.45, 2.75) is 26.2 Å². The predicted molar refractivity (Wildman–Crippen MR) is 61.5 cm³/mol. The summed E-state index contributed by atoms with van der Waals surface area (Å²) in [5.74, 6) is -0.842. The van der Waals surface area contributed by atoms with E-state index in [1.54, 1.807) is 0 Å². The third-order valence-electron chi connectivity index (χ3n) is 2.77. The SMILES string of the molecule is CCC(C(=O)O)c1nc2c(C)cccc2[nH]1. The first kappa shape index (κ1) is 10.7. The van der Waals surface area contributed by atoms with E-state index in [4.69, 9.17) is 5.11 Å². The topological polar surface area (TPSA) is 66.0 Å². The molecule has 1 atom stereocenters. The van der Waals surface area contributed by atoms with Crippen molar-refractivity contribution in [3.8, 4) is 0 Å². The number of hydrogen-bond donors (Lipinski definition) is 2. The fourth-order valence-electron chi connectivity index (χ4n) is 1.84. The Kier molecular flexibility index (Phi) is 2.64. The summed E-state index contributed by atoms with van der Waals surface area (Å²) in [5.41, 5.74) is 2.81. The van der Waals surface area contributed by atoms with Crippen LogP contribution in [0.3, 0.4) is 0 Å². The number of rotatable bonds is 3. The van der Waals surface area contributed by atoms with E-state index in [0.29, 0.717) is 12.2 Å². The second kappa shape index (κ2) is 3.96. The number of imidazole rings is 1. The highest BCUT2D eigenvalue weighted by Gasteiger charge is 2.21. The summed E-state index contributed by atoms with van der Waals surface area (Å²) in [6.45, 7) is 3.81. The number of aromatic nitrogens is 2. The molecule has 0 saturated heterocycles. The molecule has 0 aliphatic carbocycles. The Labute approximate surface area is 93.3 Å². The number of nitrogens with zero attached hydrogens (tertiary/aromatic N) is 1. The monoisotopic (exact) mass is 218 g/mol.